The number of urea groups is 1. The molecule has 3 N–H and O–H groups in total. The third-order valence-corrected chi connectivity index (χ3v) is 6.64. The molecule has 0 spiro atoms. The fourth-order valence-corrected chi connectivity index (χ4v) is 5.20. The zero-order chi connectivity index (χ0) is 24.6. The Morgan fingerprint density at radius 2 is 1.24 bits per heavy atom. The lowest BCUT2D eigenvalue weighted by molar-refractivity contribution is 0.102. The van der Waals surface area contributed by atoms with Crippen molar-refractivity contribution in [2.45, 2.75) is 41.5 Å². The van der Waals surface area contributed by atoms with Crippen LogP contribution in [0.4, 0.5) is 21.3 Å². The molecule has 0 aliphatic rings. The second-order valence-corrected chi connectivity index (χ2v) is 9.81. The Hall–Kier alpha value is -3.71. The maximum absolute atomic E-state index is 12.9. The standard InChI is InChI=1S/C27H28N4O2S/c1-14-9-16(3)23(17(4)10-14)29-25(32)20-7-8-21-22(13-20)34-27(28-21)31-26(33)30-24-18(5)11-15(2)12-19(24)6/h7-13H,1-6H3,(H,29,32)(H2,28,30,31,33). The van der Waals surface area contributed by atoms with E-state index in [1.165, 1.54) is 11.3 Å². The molecule has 0 radical (unpaired) electrons. The van der Waals surface area contributed by atoms with Crippen LogP contribution in [0, 0.1) is 41.5 Å². The molecule has 4 rings (SSSR count). The Labute approximate surface area is 203 Å². The van der Waals surface area contributed by atoms with Gasteiger partial charge in [-0.05, 0) is 82.0 Å². The summed E-state index contributed by atoms with van der Waals surface area (Å²) in [6.45, 7) is 12.0. The minimum absolute atomic E-state index is 0.178. The smallest absolute Gasteiger partial charge is 0.322 e. The lowest BCUT2D eigenvalue weighted by atomic mass is 10.0. The first-order chi connectivity index (χ1) is 16.1. The van der Waals surface area contributed by atoms with Crippen LogP contribution in [0.2, 0.25) is 0 Å². The molecule has 4 aromatic rings. The zero-order valence-corrected chi connectivity index (χ0v) is 21.0. The number of anilines is 3. The first kappa shape index (κ1) is 23.4. The summed E-state index contributed by atoms with van der Waals surface area (Å²) in [5, 5.41) is 9.24. The molecular weight excluding hydrogens is 444 g/mol. The number of thiazole rings is 1. The zero-order valence-electron chi connectivity index (χ0n) is 20.2. The van der Waals surface area contributed by atoms with Gasteiger partial charge < -0.3 is 10.6 Å². The Balaban J connectivity index is 1.50. The van der Waals surface area contributed by atoms with Gasteiger partial charge in [-0.25, -0.2) is 9.78 Å². The van der Waals surface area contributed by atoms with Crippen molar-refractivity contribution in [3.8, 4) is 0 Å². The van der Waals surface area contributed by atoms with Crippen LogP contribution in [0.1, 0.15) is 43.7 Å². The van der Waals surface area contributed by atoms with Crippen LogP contribution >= 0.6 is 11.3 Å². The summed E-state index contributed by atoms with van der Waals surface area (Å²) < 4.78 is 0.822. The van der Waals surface area contributed by atoms with Crippen molar-refractivity contribution in [3.63, 3.8) is 0 Å². The molecule has 1 aromatic heterocycles. The lowest BCUT2D eigenvalue weighted by Crippen LogP contribution is -2.20. The summed E-state index contributed by atoms with van der Waals surface area (Å²) in [6, 6.07) is 13.2. The molecule has 0 aliphatic heterocycles. The maximum Gasteiger partial charge on any atom is 0.325 e. The fourth-order valence-electron chi connectivity index (χ4n) is 4.30. The monoisotopic (exact) mass is 472 g/mol. The van der Waals surface area contributed by atoms with Gasteiger partial charge in [-0.3, -0.25) is 10.1 Å². The summed E-state index contributed by atoms with van der Waals surface area (Å²) in [5.74, 6) is -0.178. The van der Waals surface area contributed by atoms with E-state index < -0.39 is 0 Å². The van der Waals surface area contributed by atoms with Crippen molar-refractivity contribution in [2.75, 3.05) is 16.0 Å². The second-order valence-electron chi connectivity index (χ2n) is 8.78. The van der Waals surface area contributed by atoms with Gasteiger partial charge in [0.05, 0.1) is 10.2 Å². The summed E-state index contributed by atoms with van der Waals surface area (Å²) >= 11 is 1.33. The summed E-state index contributed by atoms with van der Waals surface area (Å²) in [6.07, 6.45) is 0. The Morgan fingerprint density at radius 1 is 0.706 bits per heavy atom. The van der Waals surface area contributed by atoms with Gasteiger partial charge in [0.1, 0.15) is 0 Å². The third-order valence-electron chi connectivity index (χ3n) is 5.70. The maximum atomic E-state index is 12.9. The molecule has 0 bridgehead atoms. The van der Waals surface area contributed by atoms with E-state index >= 15 is 0 Å². The van der Waals surface area contributed by atoms with E-state index in [9.17, 15) is 9.59 Å². The summed E-state index contributed by atoms with van der Waals surface area (Å²) in [7, 11) is 0. The van der Waals surface area contributed by atoms with Gasteiger partial charge in [-0.2, -0.15) is 0 Å². The second kappa shape index (κ2) is 9.27. The highest BCUT2D eigenvalue weighted by molar-refractivity contribution is 7.22. The number of aromatic nitrogens is 1. The molecule has 0 unspecified atom stereocenters. The normalized spacial score (nSPS) is 10.9. The van der Waals surface area contributed by atoms with Gasteiger partial charge in [0, 0.05) is 16.9 Å². The van der Waals surface area contributed by atoms with E-state index in [1.54, 1.807) is 18.2 Å². The van der Waals surface area contributed by atoms with Crippen LogP contribution in [0.15, 0.2) is 42.5 Å². The van der Waals surface area contributed by atoms with Crippen molar-refractivity contribution in [3.05, 3.63) is 81.4 Å². The van der Waals surface area contributed by atoms with Gasteiger partial charge in [-0.15, -0.1) is 0 Å². The van der Waals surface area contributed by atoms with E-state index in [4.69, 9.17) is 0 Å². The van der Waals surface area contributed by atoms with Crippen molar-refractivity contribution in [1.82, 2.24) is 4.98 Å². The van der Waals surface area contributed by atoms with E-state index in [1.807, 2.05) is 53.7 Å². The topological polar surface area (TPSA) is 83.1 Å². The van der Waals surface area contributed by atoms with Crippen molar-refractivity contribution in [2.24, 2.45) is 0 Å². The molecule has 7 heteroatoms. The number of amides is 3. The van der Waals surface area contributed by atoms with Crippen LogP contribution in [0.25, 0.3) is 10.2 Å². The molecule has 0 saturated heterocycles. The summed E-state index contributed by atoms with van der Waals surface area (Å²) in [4.78, 5) is 30.0. The van der Waals surface area contributed by atoms with Gasteiger partial charge in [0.25, 0.3) is 5.91 Å². The van der Waals surface area contributed by atoms with Gasteiger partial charge in [0.15, 0.2) is 5.13 Å². The molecule has 3 amide bonds. The number of nitrogens with zero attached hydrogens (tertiary/aromatic N) is 1. The number of fused-ring (bicyclic) bond motifs is 1. The highest BCUT2D eigenvalue weighted by Crippen LogP contribution is 2.29. The van der Waals surface area contributed by atoms with E-state index in [0.717, 1.165) is 55.0 Å². The highest BCUT2D eigenvalue weighted by Gasteiger charge is 2.14. The van der Waals surface area contributed by atoms with Crippen molar-refractivity contribution >= 4 is 50.0 Å². The van der Waals surface area contributed by atoms with E-state index in [-0.39, 0.29) is 11.9 Å². The average Bonchev–Trinajstić information content (AvgIpc) is 3.14. The van der Waals surface area contributed by atoms with Crippen LogP contribution in [-0.2, 0) is 0 Å². The van der Waals surface area contributed by atoms with Crippen LogP contribution in [-0.4, -0.2) is 16.9 Å². The quantitative estimate of drug-likeness (QED) is 0.298. The van der Waals surface area contributed by atoms with Crippen LogP contribution in [0.5, 0.6) is 0 Å². The molecule has 0 aliphatic carbocycles. The van der Waals surface area contributed by atoms with Crippen LogP contribution < -0.4 is 16.0 Å². The Morgan fingerprint density at radius 3 is 1.79 bits per heavy atom. The number of carbonyl (C=O) groups excluding carboxylic acids is 2. The molecule has 6 nitrogen and oxygen atoms in total. The number of aryl methyl sites for hydroxylation is 6. The fraction of sp³-hybridized carbons (Fsp3) is 0.222. The first-order valence-corrected chi connectivity index (χ1v) is 11.9. The average molecular weight is 473 g/mol. The van der Waals surface area contributed by atoms with Gasteiger partial charge in [-0.1, -0.05) is 46.7 Å². The summed E-state index contributed by atoms with van der Waals surface area (Å²) in [5.41, 5.74) is 9.28. The van der Waals surface area contributed by atoms with E-state index in [2.05, 4.69) is 33.1 Å². The largest absolute Gasteiger partial charge is 0.325 e. The van der Waals surface area contributed by atoms with E-state index in [0.29, 0.717) is 10.7 Å². The SMILES string of the molecule is Cc1cc(C)c(NC(=O)Nc2nc3ccc(C(=O)Nc4c(C)cc(C)cc4C)cc3s2)c(C)c1. The Kier molecular flexibility index (Phi) is 6.39. The number of hydrogen-bond acceptors (Lipinski definition) is 4. The Bertz CT molecular complexity index is 1390. The predicted octanol–water partition coefficient (Wildman–Crippen LogP) is 7.04. The van der Waals surface area contributed by atoms with Crippen LogP contribution in [0.3, 0.4) is 0 Å². The molecule has 174 valence electrons. The van der Waals surface area contributed by atoms with Crippen molar-refractivity contribution < 1.29 is 9.59 Å². The molecule has 0 atom stereocenters. The molecule has 0 saturated carbocycles. The number of carbonyl (C=O) groups is 2. The minimum atomic E-state index is -0.350. The first-order valence-electron chi connectivity index (χ1n) is 11.1. The molecule has 1 heterocycles. The third kappa shape index (κ3) is 4.94. The predicted molar refractivity (Wildman–Crippen MR) is 142 cm³/mol. The lowest BCUT2D eigenvalue weighted by Gasteiger charge is -2.13. The molecular formula is C27H28N4O2S. The minimum Gasteiger partial charge on any atom is -0.322 e. The van der Waals surface area contributed by atoms with Gasteiger partial charge in [0.2, 0.25) is 0 Å². The molecule has 3 aromatic carbocycles. The molecule has 0 fully saturated rings. The number of hydrogen-bond donors (Lipinski definition) is 3. The van der Waals surface area contributed by atoms with Crippen molar-refractivity contribution in [1.29, 1.82) is 0 Å². The highest BCUT2D eigenvalue weighted by atomic mass is 32.1. The number of benzene rings is 3. The number of nitrogens with one attached hydrogen (secondary N) is 3. The molecule has 34 heavy (non-hydrogen) atoms. The van der Waals surface area contributed by atoms with Gasteiger partial charge >= 0.3 is 6.03 Å². The number of rotatable bonds is 4.